The van der Waals surface area contributed by atoms with Crippen LogP contribution >= 0.6 is 0 Å². The van der Waals surface area contributed by atoms with Gasteiger partial charge in [0.25, 0.3) is 0 Å². The van der Waals surface area contributed by atoms with Crippen molar-refractivity contribution in [2.75, 3.05) is 32.8 Å². The summed E-state index contributed by atoms with van der Waals surface area (Å²) in [5.41, 5.74) is 5.16. The van der Waals surface area contributed by atoms with Crippen LogP contribution in [0.15, 0.2) is 0 Å². The molecule has 3 unspecified atom stereocenters. The molecule has 0 spiro atoms. The first-order valence-electron chi connectivity index (χ1n) is 5.61. The molecule has 1 aliphatic rings. The average Bonchev–Trinajstić information content (AvgIpc) is 2.26. The van der Waals surface area contributed by atoms with Gasteiger partial charge in [-0.15, -0.1) is 0 Å². The number of hydrogen-bond acceptors (Lipinski definition) is 4. The summed E-state index contributed by atoms with van der Waals surface area (Å²) in [4.78, 5) is 1.68. The summed E-state index contributed by atoms with van der Waals surface area (Å²) >= 11 is 0. The van der Waals surface area contributed by atoms with Crippen molar-refractivity contribution in [3.63, 3.8) is 0 Å². The number of nitrogens with two attached hydrogens (primary N) is 1. The van der Waals surface area contributed by atoms with Gasteiger partial charge in [0.05, 0.1) is 25.2 Å². The Balaban J connectivity index is 2.58. The summed E-state index contributed by atoms with van der Waals surface area (Å²) in [6, 6.07) is -0.0887. The van der Waals surface area contributed by atoms with E-state index in [0.29, 0.717) is 13.2 Å². The van der Waals surface area contributed by atoms with Crippen molar-refractivity contribution in [1.29, 1.82) is 0 Å². The lowest BCUT2D eigenvalue weighted by molar-refractivity contribution is -0.183. The molecule has 0 aromatic carbocycles. The van der Waals surface area contributed by atoms with Crippen molar-refractivity contribution in [3.05, 3.63) is 0 Å². The topological polar surface area (TPSA) is 58.7 Å². The van der Waals surface area contributed by atoms with Crippen LogP contribution in [-0.2, 0) is 4.74 Å². The average molecular weight is 256 g/mol. The van der Waals surface area contributed by atoms with E-state index in [1.165, 1.54) is 0 Å². The van der Waals surface area contributed by atoms with Crippen molar-refractivity contribution < 1.29 is 23.0 Å². The van der Waals surface area contributed by atoms with Crippen LogP contribution in [0.4, 0.5) is 13.2 Å². The van der Waals surface area contributed by atoms with Gasteiger partial charge in [-0.25, -0.2) is 0 Å². The molecule has 0 bridgehead atoms. The third kappa shape index (κ3) is 4.09. The van der Waals surface area contributed by atoms with Crippen molar-refractivity contribution >= 4 is 0 Å². The van der Waals surface area contributed by atoms with Crippen LogP contribution in [-0.4, -0.2) is 61.2 Å². The number of alkyl halides is 3. The molecule has 0 radical (unpaired) electrons. The van der Waals surface area contributed by atoms with E-state index in [4.69, 9.17) is 15.6 Å². The Bertz CT molecular complexity index is 238. The number of hydrogen-bond donors (Lipinski definition) is 2. The molecule has 0 amide bonds. The van der Waals surface area contributed by atoms with Gasteiger partial charge in [-0.3, -0.25) is 4.90 Å². The van der Waals surface area contributed by atoms with E-state index in [0.717, 1.165) is 0 Å². The Morgan fingerprint density at radius 1 is 1.53 bits per heavy atom. The summed E-state index contributed by atoms with van der Waals surface area (Å²) < 4.78 is 43.0. The van der Waals surface area contributed by atoms with Crippen LogP contribution in [0.3, 0.4) is 0 Å². The van der Waals surface area contributed by atoms with Crippen molar-refractivity contribution in [2.45, 2.75) is 25.2 Å². The molecular formula is C10H19F3N2O2. The van der Waals surface area contributed by atoms with Gasteiger partial charge in [-0.05, 0) is 6.92 Å². The standard InChI is InChI=1S/C10H19F3N2O2/c1-7-6-17-9(5-16)4-15(7)3-8(2-14)10(11,12)13/h7-9,16H,2-6,14H2,1H3. The Labute approximate surface area is 98.5 Å². The van der Waals surface area contributed by atoms with E-state index in [1.807, 2.05) is 0 Å². The molecule has 0 aromatic heterocycles. The van der Waals surface area contributed by atoms with Gasteiger partial charge in [0.15, 0.2) is 0 Å². The van der Waals surface area contributed by atoms with Crippen LogP contribution in [0.2, 0.25) is 0 Å². The molecule has 0 aromatic rings. The normalized spacial score (nSPS) is 29.3. The van der Waals surface area contributed by atoms with Crippen LogP contribution in [0.25, 0.3) is 0 Å². The highest BCUT2D eigenvalue weighted by Gasteiger charge is 2.41. The largest absolute Gasteiger partial charge is 0.394 e. The van der Waals surface area contributed by atoms with Crippen LogP contribution < -0.4 is 5.73 Å². The minimum absolute atomic E-state index is 0.0887. The van der Waals surface area contributed by atoms with Crippen molar-refractivity contribution in [2.24, 2.45) is 11.7 Å². The predicted octanol–water partition coefficient (Wildman–Crippen LogP) is 0.205. The maximum atomic E-state index is 12.6. The second-order valence-electron chi connectivity index (χ2n) is 4.42. The van der Waals surface area contributed by atoms with Crippen LogP contribution in [0, 0.1) is 5.92 Å². The fourth-order valence-corrected chi connectivity index (χ4v) is 1.83. The van der Waals surface area contributed by atoms with Crippen molar-refractivity contribution in [3.8, 4) is 0 Å². The fraction of sp³-hybridized carbons (Fsp3) is 1.00. The fourth-order valence-electron chi connectivity index (χ4n) is 1.83. The van der Waals surface area contributed by atoms with E-state index in [2.05, 4.69) is 0 Å². The zero-order chi connectivity index (χ0) is 13.1. The lowest BCUT2D eigenvalue weighted by atomic mass is 10.1. The molecule has 102 valence electrons. The molecule has 17 heavy (non-hydrogen) atoms. The molecule has 1 heterocycles. The van der Waals surface area contributed by atoms with Gasteiger partial charge >= 0.3 is 6.18 Å². The minimum atomic E-state index is -4.28. The lowest BCUT2D eigenvalue weighted by Crippen LogP contribution is -2.53. The van der Waals surface area contributed by atoms with Crippen molar-refractivity contribution in [1.82, 2.24) is 4.90 Å². The van der Waals surface area contributed by atoms with Gasteiger partial charge in [0, 0.05) is 25.7 Å². The first-order valence-corrected chi connectivity index (χ1v) is 5.61. The molecule has 3 N–H and O–H groups in total. The molecule has 1 aliphatic heterocycles. The summed E-state index contributed by atoms with van der Waals surface area (Å²) in [5.74, 6) is -1.53. The molecule has 1 fully saturated rings. The highest BCUT2D eigenvalue weighted by atomic mass is 19.4. The zero-order valence-electron chi connectivity index (χ0n) is 9.78. The number of nitrogens with zero attached hydrogens (tertiary/aromatic N) is 1. The Morgan fingerprint density at radius 2 is 2.18 bits per heavy atom. The van der Waals surface area contributed by atoms with E-state index < -0.39 is 24.7 Å². The summed E-state index contributed by atoms with van der Waals surface area (Å²) in [5, 5.41) is 8.95. The van der Waals surface area contributed by atoms with E-state index in [-0.39, 0.29) is 19.2 Å². The summed E-state index contributed by atoms with van der Waals surface area (Å²) in [6.07, 6.45) is -4.68. The third-order valence-electron chi connectivity index (χ3n) is 3.04. The Kier molecular flexibility index (Phi) is 5.18. The zero-order valence-corrected chi connectivity index (χ0v) is 9.78. The molecule has 0 saturated carbocycles. The highest BCUT2D eigenvalue weighted by Crippen LogP contribution is 2.27. The molecule has 4 nitrogen and oxygen atoms in total. The molecule has 7 heteroatoms. The lowest BCUT2D eigenvalue weighted by Gasteiger charge is -2.39. The maximum Gasteiger partial charge on any atom is 0.394 e. The minimum Gasteiger partial charge on any atom is -0.394 e. The predicted molar refractivity (Wildman–Crippen MR) is 56.5 cm³/mol. The van der Waals surface area contributed by atoms with Gasteiger partial charge < -0.3 is 15.6 Å². The SMILES string of the molecule is CC1COC(CO)CN1CC(CN)C(F)(F)F. The number of aliphatic hydroxyl groups excluding tert-OH is 1. The number of morpholine rings is 1. The molecule has 0 aliphatic carbocycles. The summed E-state index contributed by atoms with van der Waals surface area (Å²) in [7, 11) is 0. The Hall–Kier alpha value is -0.370. The number of rotatable bonds is 4. The van der Waals surface area contributed by atoms with Crippen LogP contribution in [0.1, 0.15) is 6.92 Å². The molecule has 3 atom stereocenters. The number of ether oxygens (including phenoxy) is 1. The maximum absolute atomic E-state index is 12.6. The van der Waals surface area contributed by atoms with E-state index >= 15 is 0 Å². The van der Waals surface area contributed by atoms with E-state index in [9.17, 15) is 13.2 Å². The second kappa shape index (κ2) is 5.99. The van der Waals surface area contributed by atoms with Gasteiger partial charge in [0.2, 0.25) is 0 Å². The quantitative estimate of drug-likeness (QED) is 0.754. The smallest absolute Gasteiger partial charge is 0.394 e. The van der Waals surface area contributed by atoms with Gasteiger partial charge in [-0.1, -0.05) is 0 Å². The number of halogens is 3. The Morgan fingerprint density at radius 3 is 2.65 bits per heavy atom. The van der Waals surface area contributed by atoms with E-state index in [1.54, 1.807) is 11.8 Å². The third-order valence-corrected chi connectivity index (χ3v) is 3.04. The summed E-state index contributed by atoms with van der Waals surface area (Å²) in [6.45, 7) is 1.71. The first-order chi connectivity index (χ1) is 7.88. The first kappa shape index (κ1) is 14.7. The molecule has 1 saturated heterocycles. The van der Waals surface area contributed by atoms with Gasteiger partial charge in [0.1, 0.15) is 0 Å². The molecular weight excluding hydrogens is 237 g/mol. The monoisotopic (exact) mass is 256 g/mol. The highest BCUT2D eigenvalue weighted by molar-refractivity contribution is 4.81. The number of aliphatic hydroxyl groups is 1. The molecule has 1 rings (SSSR count). The van der Waals surface area contributed by atoms with Crippen LogP contribution in [0.5, 0.6) is 0 Å². The second-order valence-corrected chi connectivity index (χ2v) is 4.42. The van der Waals surface area contributed by atoms with Gasteiger partial charge in [-0.2, -0.15) is 13.2 Å².